The van der Waals surface area contributed by atoms with Crippen molar-refractivity contribution in [3.63, 3.8) is 0 Å². The quantitative estimate of drug-likeness (QED) is 0.730. The lowest BCUT2D eigenvalue weighted by Gasteiger charge is -2.05. The van der Waals surface area contributed by atoms with E-state index in [0.717, 1.165) is 17.3 Å². The molecule has 2 aromatic heterocycles. The molecule has 3 rings (SSSR count). The molecule has 3 aromatic rings. The molecule has 0 radical (unpaired) electrons. The Morgan fingerprint density at radius 3 is 2.75 bits per heavy atom. The Balaban J connectivity index is 2.10. The molecule has 0 atom stereocenters. The van der Waals surface area contributed by atoms with Crippen LogP contribution < -0.4 is 0 Å². The van der Waals surface area contributed by atoms with E-state index in [1.54, 1.807) is 4.57 Å². The highest BCUT2D eigenvalue weighted by atomic mass is 32.1. The SMILES string of the molecule is Cc1ccc2[nH]c(=S)n(Cc3ccc(F)c(F)c3)c2n1. The molecule has 0 aliphatic heterocycles. The highest BCUT2D eigenvalue weighted by Gasteiger charge is 2.08. The van der Waals surface area contributed by atoms with Crippen molar-refractivity contribution in [2.75, 3.05) is 0 Å². The van der Waals surface area contributed by atoms with E-state index in [1.165, 1.54) is 12.1 Å². The molecular formula is C14H11F2N3S. The number of aromatic nitrogens is 3. The minimum Gasteiger partial charge on any atom is -0.329 e. The minimum atomic E-state index is -0.863. The number of nitrogens with one attached hydrogen (secondary N) is 1. The van der Waals surface area contributed by atoms with E-state index in [0.29, 0.717) is 22.5 Å². The van der Waals surface area contributed by atoms with Gasteiger partial charge in [0.15, 0.2) is 22.1 Å². The summed E-state index contributed by atoms with van der Waals surface area (Å²) in [4.78, 5) is 7.48. The lowest BCUT2D eigenvalue weighted by Crippen LogP contribution is -2.02. The standard InChI is InChI=1S/C14H11F2N3S/c1-8-2-5-12-13(17-8)19(14(20)18-12)7-9-3-4-10(15)11(16)6-9/h2-6H,7H2,1H3,(H,18,20). The molecule has 0 aliphatic rings. The lowest BCUT2D eigenvalue weighted by molar-refractivity contribution is 0.506. The van der Waals surface area contributed by atoms with E-state index in [4.69, 9.17) is 12.2 Å². The number of H-pyrrole nitrogens is 1. The van der Waals surface area contributed by atoms with Crippen LogP contribution >= 0.6 is 12.2 Å². The molecular weight excluding hydrogens is 280 g/mol. The second kappa shape index (κ2) is 4.79. The van der Waals surface area contributed by atoms with Gasteiger partial charge in [0.2, 0.25) is 0 Å². The van der Waals surface area contributed by atoms with Crippen LogP contribution in [0.25, 0.3) is 11.2 Å². The van der Waals surface area contributed by atoms with Crippen molar-refractivity contribution in [1.29, 1.82) is 0 Å². The summed E-state index contributed by atoms with van der Waals surface area (Å²) in [6.07, 6.45) is 0. The predicted octanol–water partition coefficient (Wildman–Crippen LogP) is 3.73. The summed E-state index contributed by atoms with van der Waals surface area (Å²) in [7, 11) is 0. The number of aromatic amines is 1. The summed E-state index contributed by atoms with van der Waals surface area (Å²) in [6.45, 7) is 2.23. The van der Waals surface area contributed by atoms with E-state index in [-0.39, 0.29) is 0 Å². The lowest BCUT2D eigenvalue weighted by atomic mass is 10.2. The van der Waals surface area contributed by atoms with Crippen LogP contribution in [0, 0.1) is 23.3 Å². The third-order valence-electron chi connectivity index (χ3n) is 3.08. The van der Waals surface area contributed by atoms with Gasteiger partial charge >= 0.3 is 0 Å². The zero-order chi connectivity index (χ0) is 14.3. The number of rotatable bonds is 2. The van der Waals surface area contributed by atoms with Gasteiger partial charge in [-0.3, -0.25) is 4.57 Å². The van der Waals surface area contributed by atoms with Gasteiger partial charge in [0.05, 0.1) is 12.1 Å². The zero-order valence-corrected chi connectivity index (χ0v) is 11.5. The molecule has 102 valence electrons. The number of hydrogen-bond donors (Lipinski definition) is 1. The first kappa shape index (κ1) is 12.9. The van der Waals surface area contributed by atoms with Gasteiger partial charge in [0.25, 0.3) is 0 Å². The van der Waals surface area contributed by atoms with Crippen LogP contribution in [-0.4, -0.2) is 14.5 Å². The second-order valence-electron chi connectivity index (χ2n) is 4.59. The highest BCUT2D eigenvalue weighted by Crippen LogP contribution is 2.16. The summed E-state index contributed by atoms with van der Waals surface area (Å²) in [5.41, 5.74) is 3.03. The van der Waals surface area contributed by atoms with Crippen molar-refractivity contribution in [2.24, 2.45) is 0 Å². The van der Waals surface area contributed by atoms with Crippen LogP contribution in [0.4, 0.5) is 8.78 Å². The first-order chi connectivity index (χ1) is 9.54. The molecule has 0 spiro atoms. The Hall–Kier alpha value is -2.08. The third kappa shape index (κ3) is 2.22. The normalized spacial score (nSPS) is 11.2. The molecule has 0 unspecified atom stereocenters. The fourth-order valence-corrected chi connectivity index (χ4v) is 2.35. The Labute approximate surface area is 118 Å². The summed E-state index contributed by atoms with van der Waals surface area (Å²) in [6, 6.07) is 7.60. The molecule has 0 saturated carbocycles. The molecule has 1 N–H and O–H groups in total. The average Bonchev–Trinajstić information content (AvgIpc) is 2.70. The van der Waals surface area contributed by atoms with E-state index < -0.39 is 11.6 Å². The summed E-state index contributed by atoms with van der Waals surface area (Å²) in [5.74, 6) is -1.72. The Morgan fingerprint density at radius 2 is 2.00 bits per heavy atom. The summed E-state index contributed by atoms with van der Waals surface area (Å²) < 4.78 is 28.5. The maximum Gasteiger partial charge on any atom is 0.179 e. The smallest absolute Gasteiger partial charge is 0.179 e. The van der Waals surface area contributed by atoms with Gasteiger partial charge in [0, 0.05) is 5.69 Å². The maximum absolute atomic E-state index is 13.3. The van der Waals surface area contributed by atoms with E-state index in [2.05, 4.69) is 9.97 Å². The van der Waals surface area contributed by atoms with Crippen molar-refractivity contribution < 1.29 is 8.78 Å². The van der Waals surface area contributed by atoms with Gasteiger partial charge in [-0.2, -0.15) is 0 Å². The van der Waals surface area contributed by atoms with Crippen LogP contribution in [0.5, 0.6) is 0 Å². The van der Waals surface area contributed by atoms with Crippen LogP contribution in [0.2, 0.25) is 0 Å². The van der Waals surface area contributed by atoms with Gasteiger partial charge < -0.3 is 4.98 Å². The molecule has 0 saturated heterocycles. The predicted molar refractivity (Wildman–Crippen MR) is 75.1 cm³/mol. The molecule has 0 fully saturated rings. The molecule has 0 bridgehead atoms. The summed E-state index contributed by atoms with van der Waals surface area (Å²) >= 11 is 5.25. The monoisotopic (exact) mass is 291 g/mol. The number of pyridine rings is 1. The van der Waals surface area contributed by atoms with E-state index in [1.807, 2.05) is 19.1 Å². The van der Waals surface area contributed by atoms with Crippen LogP contribution in [0.15, 0.2) is 30.3 Å². The molecule has 2 heterocycles. The third-order valence-corrected chi connectivity index (χ3v) is 3.40. The number of fused-ring (bicyclic) bond motifs is 1. The molecule has 6 heteroatoms. The van der Waals surface area contributed by atoms with Gasteiger partial charge in [-0.05, 0) is 49.0 Å². The topological polar surface area (TPSA) is 33.6 Å². The Morgan fingerprint density at radius 1 is 1.20 bits per heavy atom. The average molecular weight is 291 g/mol. The van der Waals surface area contributed by atoms with Gasteiger partial charge in [-0.15, -0.1) is 0 Å². The van der Waals surface area contributed by atoms with Crippen molar-refractivity contribution in [3.8, 4) is 0 Å². The first-order valence-electron chi connectivity index (χ1n) is 6.05. The van der Waals surface area contributed by atoms with Gasteiger partial charge in [0.1, 0.15) is 0 Å². The molecule has 0 amide bonds. The van der Waals surface area contributed by atoms with Crippen molar-refractivity contribution >= 4 is 23.4 Å². The number of hydrogen-bond acceptors (Lipinski definition) is 2. The largest absolute Gasteiger partial charge is 0.329 e. The summed E-state index contributed by atoms with van der Waals surface area (Å²) in [5, 5.41) is 0. The fraction of sp³-hybridized carbons (Fsp3) is 0.143. The zero-order valence-electron chi connectivity index (χ0n) is 10.7. The van der Waals surface area contributed by atoms with Crippen molar-refractivity contribution in [2.45, 2.75) is 13.5 Å². The second-order valence-corrected chi connectivity index (χ2v) is 4.98. The molecule has 0 aliphatic carbocycles. The molecule has 20 heavy (non-hydrogen) atoms. The number of halogens is 2. The minimum absolute atomic E-state index is 0.340. The molecule has 3 nitrogen and oxygen atoms in total. The van der Waals surface area contributed by atoms with Crippen LogP contribution in [0.3, 0.4) is 0 Å². The van der Waals surface area contributed by atoms with Crippen molar-refractivity contribution in [3.05, 3.63) is 58.0 Å². The van der Waals surface area contributed by atoms with Crippen LogP contribution in [-0.2, 0) is 6.54 Å². The van der Waals surface area contributed by atoms with E-state index >= 15 is 0 Å². The fourth-order valence-electron chi connectivity index (χ4n) is 2.09. The molecule has 1 aromatic carbocycles. The van der Waals surface area contributed by atoms with E-state index in [9.17, 15) is 8.78 Å². The number of aryl methyl sites for hydroxylation is 1. The number of imidazole rings is 1. The van der Waals surface area contributed by atoms with Gasteiger partial charge in [-0.25, -0.2) is 13.8 Å². The maximum atomic E-state index is 13.3. The first-order valence-corrected chi connectivity index (χ1v) is 6.45. The Kier molecular flexibility index (Phi) is 3.10. The van der Waals surface area contributed by atoms with Gasteiger partial charge in [-0.1, -0.05) is 6.07 Å². The Bertz CT molecular complexity index is 851. The highest BCUT2D eigenvalue weighted by molar-refractivity contribution is 7.71. The number of nitrogens with zero attached hydrogens (tertiary/aromatic N) is 2. The van der Waals surface area contributed by atoms with Crippen molar-refractivity contribution in [1.82, 2.24) is 14.5 Å². The van der Waals surface area contributed by atoms with Crippen LogP contribution in [0.1, 0.15) is 11.3 Å². The number of benzene rings is 1.